The largest absolute Gasteiger partial charge is 0.497 e. The summed E-state index contributed by atoms with van der Waals surface area (Å²) < 4.78 is 11.9. The Bertz CT molecular complexity index is 1190. The number of amides is 1. The minimum Gasteiger partial charge on any atom is -0.497 e. The van der Waals surface area contributed by atoms with Crippen LogP contribution in [0.25, 0.3) is 0 Å². The van der Waals surface area contributed by atoms with Crippen molar-refractivity contribution in [3.63, 3.8) is 0 Å². The van der Waals surface area contributed by atoms with Crippen LogP contribution in [0.5, 0.6) is 5.75 Å². The summed E-state index contributed by atoms with van der Waals surface area (Å²) >= 11 is 1.42. The Balaban J connectivity index is 1.56. The summed E-state index contributed by atoms with van der Waals surface area (Å²) in [4.78, 5) is 28.4. The second-order valence-corrected chi connectivity index (χ2v) is 9.81. The molecule has 3 aromatic rings. The molecule has 1 unspecified atom stereocenters. The number of ketones is 1. The van der Waals surface area contributed by atoms with Crippen molar-refractivity contribution in [2.45, 2.75) is 56.3 Å². The van der Waals surface area contributed by atoms with E-state index in [4.69, 9.17) is 9.47 Å². The lowest BCUT2D eigenvalue weighted by molar-refractivity contribution is -0.122. The van der Waals surface area contributed by atoms with E-state index in [0.717, 1.165) is 33.0 Å². The molecule has 2 aromatic carbocycles. The normalized spacial score (nSPS) is 11.6. The lowest BCUT2D eigenvalue weighted by atomic mass is 10.1. The maximum Gasteiger partial charge on any atom is 0.407 e. The summed E-state index contributed by atoms with van der Waals surface area (Å²) in [7, 11) is 5.61. The van der Waals surface area contributed by atoms with E-state index in [0.29, 0.717) is 18.0 Å². The number of benzene rings is 2. The first-order chi connectivity index (χ1) is 17.7. The number of ether oxygens (including phenoxy) is 2. The zero-order chi connectivity index (χ0) is 26.9. The number of methoxy groups -OCH3 is 1. The van der Waals surface area contributed by atoms with E-state index >= 15 is 0 Å². The Hall–Kier alpha value is -3.60. The molecule has 198 valence electrons. The van der Waals surface area contributed by atoms with Crippen LogP contribution in [0.3, 0.4) is 0 Å². The van der Waals surface area contributed by atoms with Crippen LogP contribution in [0.15, 0.2) is 46.5 Å². The zero-order valence-corrected chi connectivity index (χ0v) is 23.0. The first-order valence-electron chi connectivity index (χ1n) is 12.0. The smallest absolute Gasteiger partial charge is 0.407 e. The molecule has 37 heavy (non-hydrogen) atoms. The highest BCUT2D eigenvalue weighted by molar-refractivity contribution is 7.99. The van der Waals surface area contributed by atoms with E-state index in [9.17, 15) is 9.59 Å². The molecule has 1 N–H and O–H groups in total. The fourth-order valence-corrected chi connectivity index (χ4v) is 4.62. The van der Waals surface area contributed by atoms with E-state index in [1.165, 1.54) is 16.4 Å². The Morgan fingerprint density at radius 3 is 2.41 bits per heavy atom. The number of hydrogen-bond donors (Lipinski definition) is 1. The van der Waals surface area contributed by atoms with Crippen molar-refractivity contribution in [1.82, 2.24) is 25.5 Å². The van der Waals surface area contributed by atoms with E-state index < -0.39 is 12.1 Å². The summed E-state index contributed by atoms with van der Waals surface area (Å²) in [5, 5.41) is 15.1. The van der Waals surface area contributed by atoms with Crippen LogP contribution >= 0.6 is 11.8 Å². The predicted molar refractivity (Wildman–Crippen MR) is 142 cm³/mol. The van der Waals surface area contributed by atoms with Gasteiger partial charge in [0.25, 0.3) is 0 Å². The van der Waals surface area contributed by atoms with Crippen molar-refractivity contribution in [2.24, 2.45) is 0 Å². The van der Waals surface area contributed by atoms with Gasteiger partial charge in [0.2, 0.25) is 5.16 Å². The average molecular weight is 527 g/mol. The van der Waals surface area contributed by atoms with Gasteiger partial charge in [-0.25, -0.2) is 9.48 Å². The standard InChI is InChI=1S/C26H34N6O4S/c1-7-22(27-26(34)36-13-12-19-8-10-21(35-6)11-9-19)23(33)16-32-25(28-29-30-32)37-24-17(2)14-20(31(4)5)15-18(24)3/h8-11,14-15,22H,7,12-13,16H2,1-6H3,(H,27,34). The first-order valence-corrected chi connectivity index (χ1v) is 12.8. The number of nitrogens with one attached hydrogen (secondary N) is 1. The van der Waals surface area contributed by atoms with Gasteiger partial charge >= 0.3 is 6.09 Å². The molecule has 0 aliphatic heterocycles. The Labute approximate surface area is 221 Å². The SMILES string of the molecule is CCC(NC(=O)OCCc1ccc(OC)cc1)C(=O)Cn1nnnc1Sc1c(C)cc(N(C)C)cc1C. The van der Waals surface area contributed by atoms with Crippen LogP contribution in [0.1, 0.15) is 30.0 Å². The number of tetrazole rings is 1. The molecule has 0 bridgehead atoms. The molecule has 1 amide bonds. The molecular formula is C26H34N6O4S. The summed E-state index contributed by atoms with van der Waals surface area (Å²) in [5.74, 6) is 0.559. The highest BCUT2D eigenvalue weighted by atomic mass is 32.2. The lowest BCUT2D eigenvalue weighted by Crippen LogP contribution is -2.42. The topological polar surface area (TPSA) is 111 Å². The van der Waals surface area contributed by atoms with Crippen molar-refractivity contribution >= 4 is 29.3 Å². The maximum absolute atomic E-state index is 13.0. The lowest BCUT2D eigenvalue weighted by Gasteiger charge is -2.18. The van der Waals surface area contributed by atoms with E-state index in [1.54, 1.807) is 7.11 Å². The minimum absolute atomic E-state index is 0.0617. The number of rotatable bonds is 12. The molecule has 0 aliphatic rings. The number of Topliss-reactive ketones (excluding diaryl/α,β-unsaturated/α-hetero) is 1. The van der Waals surface area contributed by atoms with E-state index in [2.05, 4.69) is 37.9 Å². The Kier molecular flexibility index (Phi) is 9.90. The van der Waals surface area contributed by atoms with Crippen molar-refractivity contribution in [2.75, 3.05) is 32.7 Å². The number of alkyl carbamates (subject to hydrolysis) is 1. The van der Waals surface area contributed by atoms with Gasteiger partial charge in [0.15, 0.2) is 5.78 Å². The highest BCUT2D eigenvalue weighted by Gasteiger charge is 2.22. The van der Waals surface area contributed by atoms with Crippen molar-refractivity contribution in [3.05, 3.63) is 53.1 Å². The molecule has 0 radical (unpaired) electrons. The number of aryl methyl sites for hydroxylation is 2. The van der Waals surface area contributed by atoms with Crippen LogP contribution < -0.4 is 15.0 Å². The number of carbonyl (C=O) groups excluding carboxylic acids is 2. The van der Waals surface area contributed by atoms with Gasteiger partial charge in [-0.3, -0.25) is 4.79 Å². The van der Waals surface area contributed by atoms with Crippen LogP contribution in [-0.2, 0) is 22.5 Å². The molecule has 0 fully saturated rings. The number of aromatic nitrogens is 4. The molecule has 1 heterocycles. The molecule has 3 rings (SSSR count). The van der Waals surface area contributed by atoms with Gasteiger partial charge in [0, 0.05) is 31.1 Å². The molecule has 1 aromatic heterocycles. The Morgan fingerprint density at radius 1 is 1.14 bits per heavy atom. The number of nitrogens with zero attached hydrogens (tertiary/aromatic N) is 5. The van der Waals surface area contributed by atoms with Crippen LogP contribution in [0.4, 0.5) is 10.5 Å². The quantitative estimate of drug-likeness (QED) is 0.376. The van der Waals surface area contributed by atoms with Gasteiger partial charge < -0.3 is 19.7 Å². The van der Waals surface area contributed by atoms with Gasteiger partial charge in [-0.05, 0) is 83.4 Å². The minimum atomic E-state index is -0.710. The number of anilines is 1. The third kappa shape index (κ3) is 7.69. The Morgan fingerprint density at radius 2 is 1.81 bits per heavy atom. The average Bonchev–Trinajstić information content (AvgIpc) is 3.31. The van der Waals surface area contributed by atoms with Crippen molar-refractivity contribution in [3.8, 4) is 5.75 Å². The van der Waals surface area contributed by atoms with Crippen LogP contribution in [0.2, 0.25) is 0 Å². The van der Waals surface area contributed by atoms with Crippen LogP contribution in [0, 0.1) is 13.8 Å². The van der Waals surface area contributed by atoms with Gasteiger partial charge in [-0.15, -0.1) is 5.10 Å². The molecule has 0 saturated heterocycles. The predicted octanol–water partition coefficient (Wildman–Crippen LogP) is 3.83. The van der Waals surface area contributed by atoms with Gasteiger partial charge in [0.05, 0.1) is 19.8 Å². The third-order valence-electron chi connectivity index (χ3n) is 5.83. The molecular weight excluding hydrogens is 492 g/mol. The summed E-state index contributed by atoms with van der Waals surface area (Å²) in [6, 6.07) is 11.0. The monoisotopic (exact) mass is 526 g/mol. The summed E-state index contributed by atoms with van der Waals surface area (Å²) in [5.41, 5.74) is 4.32. The van der Waals surface area contributed by atoms with E-state index in [-0.39, 0.29) is 18.9 Å². The fraction of sp³-hybridized carbons (Fsp3) is 0.423. The van der Waals surface area contributed by atoms with Gasteiger partial charge in [-0.2, -0.15) is 0 Å². The van der Waals surface area contributed by atoms with Gasteiger partial charge in [-0.1, -0.05) is 19.1 Å². The second-order valence-electron chi connectivity index (χ2n) is 8.83. The maximum atomic E-state index is 13.0. The molecule has 0 aliphatic carbocycles. The highest BCUT2D eigenvalue weighted by Crippen LogP contribution is 2.34. The molecule has 10 nitrogen and oxygen atoms in total. The second kappa shape index (κ2) is 13.1. The fourth-order valence-electron chi connectivity index (χ4n) is 3.71. The molecule has 0 spiro atoms. The molecule has 11 heteroatoms. The van der Waals surface area contributed by atoms with Crippen molar-refractivity contribution < 1.29 is 19.1 Å². The van der Waals surface area contributed by atoms with Crippen LogP contribution in [-0.4, -0.2) is 65.9 Å². The first kappa shape index (κ1) is 28.0. The van der Waals surface area contributed by atoms with Crippen molar-refractivity contribution in [1.29, 1.82) is 0 Å². The number of hydrogen-bond acceptors (Lipinski definition) is 9. The van der Waals surface area contributed by atoms with Gasteiger partial charge in [0.1, 0.15) is 12.3 Å². The molecule has 1 atom stereocenters. The third-order valence-corrected chi connectivity index (χ3v) is 7.15. The summed E-state index contributed by atoms with van der Waals surface area (Å²) in [6.07, 6.45) is 0.343. The zero-order valence-electron chi connectivity index (χ0n) is 22.1. The summed E-state index contributed by atoms with van der Waals surface area (Å²) in [6.45, 7) is 6.04. The number of carbonyl (C=O) groups is 2. The molecule has 0 saturated carbocycles. The van der Waals surface area contributed by atoms with E-state index in [1.807, 2.05) is 59.1 Å².